The van der Waals surface area contributed by atoms with Gasteiger partial charge in [0.05, 0.1) is 12.0 Å². The molecule has 0 amide bonds. The quantitative estimate of drug-likeness (QED) is 0.439. The zero-order valence-electron chi connectivity index (χ0n) is 20.9. The van der Waals surface area contributed by atoms with Gasteiger partial charge in [-0.2, -0.15) is 13.2 Å². The maximum atomic E-state index is 14.2. The molecule has 2 bridgehead atoms. The van der Waals surface area contributed by atoms with Crippen LogP contribution in [0, 0.1) is 11.8 Å². The van der Waals surface area contributed by atoms with Gasteiger partial charge in [-0.1, -0.05) is 37.6 Å². The van der Waals surface area contributed by atoms with Crippen LogP contribution in [-0.4, -0.2) is 40.7 Å². The van der Waals surface area contributed by atoms with Gasteiger partial charge < -0.3 is 9.84 Å². The molecule has 3 aliphatic rings. The van der Waals surface area contributed by atoms with Crippen LogP contribution < -0.4 is 4.74 Å². The highest BCUT2D eigenvalue weighted by Gasteiger charge is 2.42. The zero-order chi connectivity index (χ0) is 25.4. The molecule has 7 heteroatoms. The summed E-state index contributed by atoms with van der Waals surface area (Å²) in [5, 5.41) is 10.2. The number of carbonyl (C=O) groups is 1. The van der Waals surface area contributed by atoms with Gasteiger partial charge in [0.15, 0.2) is 0 Å². The Kier molecular flexibility index (Phi) is 7.21. The Morgan fingerprint density at radius 2 is 1.72 bits per heavy atom. The number of benzene rings is 2. The average Bonchev–Trinajstić information content (AvgIpc) is 3.08. The van der Waals surface area contributed by atoms with Crippen LogP contribution in [0.15, 0.2) is 30.3 Å². The molecule has 5 rings (SSSR count). The normalized spacial score (nSPS) is 28.9. The third-order valence-corrected chi connectivity index (χ3v) is 8.89. The predicted octanol–water partition coefficient (Wildman–Crippen LogP) is 7.08. The molecule has 0 spiro atoms. The van der Waals surface area contributed by atoms with Crippen LogP contribution in [0.4, 0.5) is 13.2 Å². The van der Waals surface area contributed by atoms with E-state index >= 15 is 0 Å². The Balaban J connectivity index is 1.31. The van der Waals surface area contributed by atoms with E-state index in [9.17, 15) is 23.1 Å². The van der Waals surface area contributed by atoms with Crippen molar-refractivity contribution in [2.45, 2.75) is 95.5 Å². The second-order valence-electron chi connectivity index (χ2n) is 11.0. The van der Waals surface area contributed by atoms with Gasteiger partial charge in [-0.25, -0.2) is 0 Å². The molecule has 0 aromatic heterocycles. The molecule has 1 N–H and O–H groups in total. The number of hydrogen-bond acceptors (Lipinski definition) is 3. The number of halogens is 3. The van der Waals surface area contributed by atoms with Crippen molar-refractivity contribution in [3.05, 3.63) is 41.5 Å². The molecule has 2 heterocycles. The molecule has 2 aromatic carbocycles. The number of carboxylic acid groups (broad SMARTS) is 1. The minimum atomic E-state index is -4.50. The van der Waals surface area contributed by atoms with Crippen molar-refractivity contribution in [1.29, 1.82) is 0 Å². The van der Waals surface area contributed by atoms with Crippen LogP contribution in [0.5, 0.6) is 5.75 Å². The number of carboxylic acids is 1. The SMILES string of the molecule is CC[C@H]1CC[C@@H](Oc2ccc3cc(CCN4C5CC[C@H]4CC(C(=O)O)C5)ccc3c2C(F)(F)F)CC1. The minimum absolute atomic E-state index is 0.0550. The third-order valence-electron chi connectivity index (χ3n) is 8.89. The predicted molar refractivity (Wildman–Crippen MR) is 133 cm³/mol. The van der Waals surface area contributed by atoms with Crippen molar-refractivity contribution in [2.24, 2.45) is 11.8 Å². The highest BCUT2D eigenvalue weighted by Crippen LogP contribution is 2.43. The van der Waals surface area contributed by atoms with Crippen LogP contribution >= 0.6 is 0 Å². The van der Waals surface area contributed by atoms with E-state index in [0.717, 1.165) is 63.5 Å². The summed E-state index contributed by atoms with van der Waals surface area (Å²) in [4.78, 5) is 13.9. The van der Waals surface area contributed by atoms with Crippen molar-refractivity contribution in [3.63, 3.8) is 0 Å². The summed E-state index contributed by atoms with van der Waals surface area (Å²) in [6.45, 7) is 2.97. The van der Waals surface area contributed by atoms with E-state index in [4.69, 9.17) is 4.74 Å². The summed E-state index contributed by atoms with van der Waals surface area (Å²) in [7, 11) is 0. The molecule has 2 unspecified atom stereocenters. The molecular formula is C29H36F3NO3. The fourth-order valence-corrected chi connectivity index (χ4v) is 6.84. The van der Waals surface area contributed by atoms with Crippen molar-refractivity contribution >= 4 is 16.7 Å². The van der Waals surface area contributed by atoms with E-state index in [2.05, 4.69) is 11.8 Å². The summed E-state index contributed by atoms with van der Waals surface area (Å²) in [5.41, 5.74) is 0.333. The summed E-state index contributed by atoms with van der Waals surface area (Å²) >= 11 is 0. The van der Waals surface area contributed by atoms with E-state index in [0.29, 0.717) is 36.2 Å². The van der Waals surface area contributed by atoms with Crippen LogP contribution in [0.25, 0.3) is 10.8 Å². The number of hydrogen-bond donors (Lipinski definition) is 1. The standard InChI is InChI=1S/C29H36F3NO3/c1-2-18-3-9-24(10-4-18)36-26-12-6-20-15-19(5-11-25(20)27(26)29(30,31)32)13-14-33-22-7-8-23(33)17-21(16-22)28(34)35/h5-6,11-12,15,18,21-24H,2-4,7-10,13-14,16-17H2,1H3,(H,34,35)/t18-,21?,22-,23?,24+/m0/s1. The lowest BCUT2D eigenvalue weighted by Gasteiger charge is -2.37. The van der Waals surface area contributed by atoms with Gasteiger partial charge in [-0.05, 0) is 86.1 Å². The van der Waals surface area contributed by atoms with Gasteiger partial charge in [0.25, 0.3) is 0 Å². The molecular weight excluding hydrogens is 467 g/mol. The Morgan fingerprint density at radius 1 is 1.03 bits per heavy atom. The second-order valence-corrected chi connectivity index (χ2v) is 11.0. The number of alkyl halides is 3. The fraction of sp³-hybridized carbons (Fsp3) is 0.621. The molecule has 1 aliphatic carbocycles. The van der Waals surface area contributed by atoms with Crippen LogP contribution in [-0.2, 0) is 17.4 Å². The van der Waals surface area contributed by atoms with E-state index in [1.807, 2.05) is 6.07 Å². The zero-order valence-corrected chi connectivity index (χ0v) is 20.9. The average molecular weight is 504 g/mol. The van der Waals surface area contributed by atoms with Crippen LogP contribution in [0.1, 0.15) is 75.8 Å². The first-order valence-electron chi connectivity index (χ1n) is 13.5. The Morgan fingerprint density at radius 3 is 2.33 bits per heavy atom. The molecule has 2 saturated heterocycles. The van der Waals surface area contributed by atoms with Crippen molar-refractivity contribution < 1.29 is 27.8 Å². The Bertz CT molecular complexity index is 1080. The smallest absolute Gasteiger partial charge is 0.420 e. The molecule has 3 fully saturated rings. The van der Waals surface area contributed by atoms with Gasteiger partial charge >= 0.3 is 12.1 Å². The molecule has 2 aromatic rings. The maximum absolute atomic E-state index is 14.2. The summed E-state index contributed by atoms with van der Waals surface area (Å²) in [5.74, 6) is -0.349. The minimum Gasteiger partial charge on any atom is -0.490 e. The molecule has 36 heavy (non-hydrogen) atoms. The summed E-state index contributed by atoms with van der Waals surface area (Å²) in [6.07, 6.45) is 4.27. The van der Waals surface area contributed by atoms with Crippen molar-refractivity contribution in [3.8, 4) is 5.75 Å². The first kappa shape index (κ1) is 25.4. The van der Waals surface area contributed by atoms with Gasteiger partial charge in [0.1, 0.15) is 11.3 Å². The summed E-state index contributed by atoms with van der Waals surface area (Å²) in [6, 6.07) is 9.12. The highest BCUT2D eigenvalue weighted by atomic mass is 19.4. The summed E-state index contributed by atoms with van der Waals surface area (Å²) < 4.78 is 48.5. The van der Waals surface area contributed by atoms with Crippen LogP contribution in [0.3, 0.4) is 0 Å². The number of ether oxygens (including phenoxy) is 1. The highest BCUT2D eigenvalue weighted by molar-refractivity contribution is 5.89. The lowest BCUT2D eigenvalue weighted by atomic mass is 9.86. The Labute approximate surface area is 210 Å². The number of nitrogens with zero attached hydrogens (tertiary/aromatic N) is 1. The van der Waals surface area contributed by atoms with Crippen molar-refractivity contribution in [1.82, 2.24) is 4.90 Å². The van der Waals surface area contributed by atoms with E-state index in [1.54, 1.807) is 18.2 Å². The number of rotatable bonds is 7. The first-order chi connectivity index (χ1) is 17.2. The van der Waals surface area contributed by atoms with Crippen LogP contribution in [0.2, 0.25) is 0 Å². The number of piperidine rings is 1. The third kappa shape index (κ3) is 5.22. The first-order valence-corrected chi connectivity index (χ1v) is 13.5. The lowest BCUT2D eigenvalue weighted by Crippen LogP contribution is -2.45. The second kappa shape index (κ2) is 10.2. The van der Waals surface area contributed by atoms with Gasteiger partial charge in [-0.3, -0.25) is 9.69 Å². The molecule has 196 valence electrons. The lowest BCUT2D eigenvalue weighted by molar-refractivity contribution is -0.144. The topological polar surface area (TPSA) is 49.8 Å². The molecule has 0 radical (unpaired) electrons. The van der Waals surface area contributed by atoms with E-state index < -0.39 is 17.7 Å². The van der Waals surface area contributed by atoms with Gasteiger partial charge in [-0.15, -0.1) is 0 Å². The van der Waals surface area contributed by atoms with E-state index in [-0.39, 0.29) is 23.2 Å². The monoisotopic (exact) mass is 503 g/mol. The fourth-order valence-electron chi connectivity index (χ4n) is 6.84. The number of aliphatic carboxylic acids is 1. The molecule has 1 saturated carbocycles. The van der Waals surface area contributed by atoms with Gasteiger partial charge in [0.2, 0.25) is 0 Å². The van der Waals surface area contributed by atoms with E-state index in [1.165, 1.54) is 6.07 Å². The molecule has 4 nitrogen and oxygen atoms in total. The van der Waals surface area contributed by atoms with Crippen molar-refractivity contribution in [2.75, 3.05) is 6.54 Å². The number of fused-ring (bicyclic) bond motifs is 3. The maximum Gasteiger partial charge on any atom is 0.420 e. The Hall–Kier alpha value is -2.28. The van der Waals surface area contributed by atoms with Gasteiger partial charge in [0, 0.05) is 18.6 Å². The molecule has 3 atom stereocenters. The largest absolute Gasteiger partial charge is 0.490 e. The molecule has 2 aliphatic heterocycles.